The van der Waals surface area contributed by atoms with Crippen molar-refractivity contribution in [2.24, 2.45) is 0 Å². The molecule has 0 bridgehead atoms. The van der Waals surface area contributed by atoms with Crippen molar-refractivity contribution < 1.29 is 19.1 Å². The van der Waals surface area contributed by atoms with Gasteiger partial charge in [0.1, 0.15) is 11.3 Å². The molecule has 4 nitrogen and oxygen atoms in total. The van der Waals surface area contributed by atoms with Crippen LogP contribution in [0.3, 0.4) is 0 Å². The Labute approximate surface area is 92.4 Å². The lowest BCUT2D eigenvalue weighted by Crippen LogP contribution is -2.06. The van der Waals surface area contributed by atoms with Gasteiger partial charge in [0, 0.05) is 17.0 Å². The van der Waals surface area contributed by atoms with Gasteiger partial charge in [0.25, 0.3) is 0 Å². The van der Waals surface area contributed by atoms with Crippen LogP contribution in [0.4, 0.5) is 0 Å². The van der Waals surface area contributed by atoms with E-state index in [1.807, 2.05) is 6.07 Å². The molecule has 0 fully saturated rings. The molecule has 0 saturated heterocycles. The second kappa shape index (κ2) is 3.89. The third-order valence-corrected chi connectivity index (χ3v) is 2.65. The number of hydrogen-bond acceptors (Lipinski definition) is 3. The highest BCUT2D eigenvalue weighted by molar-refractivity contribution is 5.88. The van der Waals surface area contributed by atoms with Gasteiger partial charge >= 0.3 is 5.97 Å². The number of carboxylic acid groups (broad SMARTS) is 1. The number of methoxy groups -OCH3 is 1. The van der Waals surface area contributed by atoms with E-state index in [2.05, 4.69) is 0 Å². The molecule has 0 aliphatic carbocycles. The number of benzene rings is 1. The molecule has 1 atom stereocenters. The largest absolute Gasteiger partial charge is 0.497 e. The fourth-order valence-electron chi connectivity index (χ4n) is 1.62. The van der Waals surface area contributed by atoms with Gasteiger partial charge in [0.15, 0.2) is 0 Å². The third-order valence-electron chi connectivity index (χ3n) is 2.65. The van der Waals surface area contributed by atoms with Crippen LogP contribution in [0.1, 0.15) is 18.4 Å². The Morgan fingerprint density at radius 3 is 2.88 bits per heavy atom. The average molecular weight is 220 g/mol. The van der Waals surface area contributed by atoms with Crippen LogP contribution < -0.4 is 4.74 Å². The lowest BCUT2D eigenvalue weighted by molar-refractivity contribution is -0.138. The van der Waals surface area contributed by atoms with E-state index in [9.17, 15) is 4.79 Å². The van der Waals surface area contributed by atoms with Crippen molar-refractivity contribution in [2.75, 3.05) is 7.11 Å². The Morgan fingerprint density at radius 2 is 2.25 bits per heavy atom. The van der Waals surface area contributed by atoms with E-state index in [-0.39, 0.29) is 0 Å². The Hall–Kier alpha value is -1.97. The smallest absolute Gasteiger partial charge is 0.310 e. The fraction of sp³-hybridized carbons (Fsp3) is 0.250. The van der Waals surface area contributed by atoms with Crippen LogP contribution >= 0.6 is 0 Å². The van der Waals surface area contributed by atoms with E-state index < -0.39 is 11.9 Å². The molecule has 0 aliphatic heterocycles. The molecule has 0 amide bonds. The van der Waals surface area contributed by atoms with Crippen LogP contribution in [-0.4, -0.2) is 18.2 Å². The van der Waals surface area contributed by atoms with Gasteiger partial charge in [-0.05, 0) is 19.1 Å². The molecule has 0 spiro atoms. The maximum atomic E-state index is 10.9. The molecule has 1 aromatic carbocycles. The molecule has 0 radical (unpaired) electrons. The number of fused-ring (bicyclic) bond motifs is 1. The van der Waals surface area contributed by atoms with Crippen LogP contribution in [0.5, 0.6) is 5.75 Å². The summed E-state index contributed by atoms with van der Waals surface area (Å²) >= 11 is 0. The molecule has 4 heteroatoms. The molecule has 16 heavy (non-hydrogen) atoms. The summed E-state index contributed by atoms with van der Waals surface area (Å²) in [6, 6.07) is 5.34. The van der Waals surface area contributed by atoms with Crippen LogP contribution in [0.25, 0.3) is 11.0 Å². The zero-order valence-electron chi connectivity index (χ0n) is 9.06. The number of furan rings is 1. The highest BCUT2D eigenvalue weighted by atomic mass is 16.5. The second-order valence-electron chi connectivity index (χ2n) is 3.61. The van der Waals surface area contributed by atoms with Gasteiger partial charge in [-0.15, -0.1) is 0 Å². The molecule has 1 aromatic heterocycles. The van der Waals surface area contributed by atoms with Gasteiger partial charge in [-0.3, -0.25) is 4.79 Å². The predicted octanol–water partition coefficient (Wildman–Crippen LogP) is 2.63. The lowest BCUT2D eigenvalue weighted by Gasteiger charge is -2.03. The predicted molar refractivity (Wildman–Crippen MR) is 58.8 cm³/mol. The molecule has 84 valence electrons. The summed E-state index contributed by atoms with van der Waals surface area (Å²) < 4.78 is 10.4. The van der Waals surface area contributed by atoms with E-state index in [0.29, 0.717) is 16.9 Å². The number of aliphatic carboxylic acids is 1. The molecule has 2 rings (SSSR count). The Kier molecular flexibility index (Phi) is 2.56. The van der Waals surface area contributed by atoms with Gasteiger partial charge in [-0.1, -0.05) is 0 Å². The third kappa shape index (κ3) is 1.62. The number of ether oxygens (including phenoxy) is 1. The van der Waals surface area contributed by atoms with E-state index >= 15 is 0 Å². The minimum atomic E-state index is -0.862. The zero-order valence-corrected chi connectivity index (χ0v) is 9.06. The van der Waals surface area contributed by atoms with Crippen LogP contribution in [0, 0.1) is 0 Å². The summed E-state index contributed by atoms with van der Waals surface area (Å²) in [6.07, 6.45) is 1.49. The van der Waals surface area contributed by atoms with Crippen molar-refractivity contribution >= 4 is 16.9 Å². The Balaban J connectivity index is 2.53. The molecule has 1 N–H and O–H groups in total. The lowest BCUT2D eigenvalue weighted by atomic mass is 10.0. The first-order chi connectivity index (χ1) is 7.63. The monoisotopic (exact) mass is 220 g/mol. The average Bonchev–Trinajstić information content (AvgIpc) is 2.70. The Bertz CT molecular complexity index is 527. The van der Waals surface area contributed by atoms with Gasteiger partial charge in [-0.25, -0.2) is 0 Å². The molecule has 0 saturated carbocycles. The highest BCUT2D eigenvalue weighted by Crippen LogP contribution is 2.30. The van der Waals surface area contributed by atoms with Gasteiger partial charge in [0.2, 0.25) is 0 Å². The first-order valence-electron chi connectivity index (χ1n) is 4.91. The first kappa shape index (κ1) is 10.5. The van der Waals surface area contributed by atoms with Crippen molar-refractivity contribution in [3.05, 3.63) is 30.0 Å². The summed E-state index contributed by atoms with van der Waals surface area (Å²) in [5.74, 6) is -0.746. The van der Waals surface area contributed by atoms with Crippen molar-refractivity contribution in [3.8, 4) is 5.75 Å². The molecular formula is C12H12O4. The maximum absolute atomic E-state index is 10.9. The first-order valence-corrected chi connectivity index (χ1v) is 4.91. The van der Waals surface area contributed by atoms with E-state index in [4.69, 9.17) is 14.3 Å². The number of hydrogen-bond donors (Lipinski definition) is 1. The van der Waals surface area contributed by atoms with Crippen LogP contribution in [0.15, 0.2) is 28.9 Å². The summed E-state index contributed by atoms with van der Waals surface area (Å²) in [6.45, 7) is 1.64. The maximum Gasteiger partial charge on any atom is 0.310 e. The number of carboxylic acids is 1. The van der Waals surface area contributed by atoms with Crippen molar-refractivity contribution in [1.82, 2.24) is 0 Å². The van der Waals surface area contributed by atoms with Crippen LogP contribution in [-0.2, 0) is 4.79 Å². The zero-order chi connectivity index (χ0) is 11.7. The molecule has 0 aliphatic rings. The summed E-state index contributed by atoms with van der Waals surface area (Å²) in [4.78, 5) is 10.9. The van der Waals surface area contributed by atoms with Crippen molar-refractivity contribution in [1.29, 1.82) is 0 Å². The topological polar surface area (TPSA) is 59.7 Å². The van der Waals surface area contributed by atoms with Crippen molar-refractivity contribution in [2.45, 2.75) is 12.8 Å². The van der Waals surface area contributed by atoms with Gasteiger partial charge < -0.3 is 14.3 Å². The molecule has 1 heterocycles. The number of carbonyl (C=O) groups is 1. The molecule has 1 unspecified atom stereocenters. The fourth-order valence-corrected chi connectivity index (χ4v) is 1.62. The summed E-state index contributed by atoms with van der Waals surface area (Å²) in [7, 11) is 1.57. The Morgan fingerprint density at radius 1 is 1.50 bits per heavy atom. The van der Waals surface area contributed by atoms with Gasteiger partial charge in [0.05, 0.1) is 19.3 Å². The molecular weight excluding hydrogens is 208 g/mol. The standard InChI is InChI=1S/C12H12O4/c1-7(12(13)14)10-6-16-11-5-8(15-2)3-4-9(10)11/h3-7H,1-2H3,(H,13,14). The van der Waals surface area contributed by atoms with Crippen LogP contribution in [0.2, 0.25) is 0 Å². The summed E-state index contributed by atoms with van der Waals surface area (Å²) in [5, 5.41) is 9.76. The quantitative estimate of drug-likeness (QED) is 0.863. The minimum Gasteiger partial charge on any atom is -0.497 e. The van der Waals surface area contributed by atoms with Crippen molar-refractivity contribution in [3.63, 3.8) is 0 Å². The summed E-state index contributed by atoms with van der Waals surface area (Å²) in [5.41, 5.74) is 1.33. The second-order valence-corrected chi connectivity index (χ2v) is 3.61. The van der Waals surface area contributed by atoms with E-state index in [0.717, 1.165) is 5.39 Å². The normalized spacial score (nSPS) is 12.6. The van der Waals surface area contributed by atoms with E-state index in [1.165, 1.54) is 6.26 Å². The molecule has 2 aromatic rings. The number of rotatable bonds is 3. The SMILES string of the molecule is COc1ccc2c(C(C)C(=O)O)coc2c1. The minimum absolute atomic E-state index is 0.574. The highest BCUT2D eigenvalue weighted by Gasteiger charge is 2.19. The van der Waals surface area contributed by atoms with E-state index in [1.54, 1.807) is 26.2 Å². The van der Waals surface area contributed by atoms with Gasteiger partial charge in [-0.2, -0.15) is 0 Å².